The predicted octanol–water partition coefficient (Wildman–Crippen LogP) is 8.48. The van der Waals surface area contributed by atoms with Gasteiger partial charge < -0.3 is 0 Å². The van der Waals surface area contributed by atoms with Gasteiger partial charge in [-0.05, 0) is 26.2 Å². The van der Waals surface area contributed by atoms with Crippen LogP contribution in [0.25, 0.3) is 0 Å². The molecule has 0 radical (unpaired) electrons. The van der Waals surface area contributed by atoms with Gasteiger partial charge in [0.1, 0.15) is 0 Å². The van der Waals surface area contributed by atoms with Crippen molar-refractivity contribution in [2.45, 2.75) is 127 Å². The molecule has 0 aliphatic heterocycles. The van der Waals surface area contributed by atoms with Crippen LogP contribution in [0.1, 0.15) is 117 Å². The molecule has 0 bridgehead atoms. The molecule has 0 saturated carbocycles. The molecule has 0 aromatic carbocycles. The standard InChI is InChI=1S/C20H40Cl2/c1-3-20(22)18-16-14-12-10-8-6-4-5-7-9-11-13-15-17-19(2)21/h19-20H,3-18H2,1-2H3. The van der Waals surface area contributed by atoms with E-state index in [1.54, 1.807) is 0 Å². The molecule has 0 aromatic rings. The van der Waals surface area contributed by atoms with Gasteiger partial charge in [-0.3, -0.25) is 0 Å². The summed E-state index contributed by atoms with van der Waals surface area (Å²) < 4.78 is 0. The van der Waals surface area contributed by atoms with Gasteiger partial charge >= 0.3 is 0 Å². The third-order valence-electron chi connectivity index (χ3n) is 4.56. The van der Waals surface area contributed by atoms with Crippen molar-refractivity contribution in [3.63, 3.8) is 0 Å². The Labute approximate surface area is 150 Å². The molecule has 0 aromatic heterocycles. The predicted molar refractivity (Wildman–Crippen MR) is 105 cm³/mol. The van der Waals surface area contributed by atoms with Crippen LogP contribution in [0.2, 0.25) is 0 Å². The van der Waals surface area contributed by atoms with Gasteiger partial charge in [0.25, 0.3) is 0 Å². The first-order chi connectivity index (χ1) is 10.7. The second kappa shape index (κ2) is 17.9. The van der Waals surface area contributed by atoms with Crippen molar-refractivity contribution in [3.05, 3.63) is 0 Å². The van der Waals surface area contributed by atoms with Crippen molar-refractivity contribution < 1.29 is 0 Å². The SMILES string of the molecule is CCC(Cl)CCCCCCCCCCCCCCCC(C)Cl. The van der Waals surface area contributed by atoms with E-state index >= 15 is 0 Å². The summed E-state index contributed by atoms with van der Waals surface area (Å²) >= 11 is 12.1. The zero-order valence-corrected chi connectivity index (χ0v) is 16.7. The van der Waals surface area contributed by atoms with E-state index in [0.29, 0.717) is 10.8 Å². The summed E-state index contributed by atoms with van der Waals surface area (Å²) in [5.41, 5.74) is 0. The van der Waals surface area contributed by atoms with E-state index in [2.05, 4.69) is 13.8 Å². The van der Waals surface area contributed by atoms with Gasteiger partial charge in [0.2, 0.25) is 0 Å². The van der Waals surface area contributed by atoms with Crippen LogP contribution in [0.3, 0.4) is 0 Å². The Morgan fingerprint density at radius 1 is 0.545 bits per heavy atom. The fourth-order valence-corrected chi connectivity index (χ4v) is 3.25. The molecule has 0 aliphatic carbocycles. The van der Waals surface area contributed by atoms with E-state index < -0.39 is 0 Å². The lowest BCUT2D eigenvalue weighted by Crippen LogP contribution is -1.95. The van der Waals surface area contributed by atoms with Crippen molar-refractivity contribution in [1.82, 2.24) is 0 Å². The molecule has 2 heteroatoms. The van der Waals surface area contributed by atoms with Crippen molar-refractivity contribution in [1.29, 1.82) is 0 Å². The normalized spacial score (nSPS) is 14.2. The zero-order chi connectivity index (χ0) is 16.5. The molecule has 0 spiro atoms. The summed E-state index contributed by atoms with van der Waals surface area (Å²) in [7, 11) is 0. The number of hydrogen-bond acceptors (Lipinski definition) is 0. The second-order valence-electron chi connectivity index (χ2n) is 6.96. The van der Waals surface area contributed by atoms with Gasteiger partial charge in [-0.15, -0.1) is 23.2 Å². The Balaban J connectivity index is 3.00. The Bertz CT molecular complexity index is 204. The van der Waals surface area contributed by atoms with Crippen LogP contribution in [0.15, 0.2) is 0 Å². The lowest BCUT2D eigenvalue weighted by Gasteiger charge is -2.06. The minimum absolute atomic E-state index is 0.364. The van der Waals surface area contributed by atoms with Gasteiger partial charge in [-0.1, -0.05) is 90.4 Å². The number of halogens is 2. The molecule has 2 atom stereocenters. The highest BCUT2D eigenvalue weighted by Crippen LogP contribution is 2.16. The molecule has 0 heterocycles. The van der Waals surface area contributed by atoms with Crippen LogP contribution in [-0.2, 0) is 0 Å². The molecule has 0 nitrogen and oxygen atoms in total. The molecule has 134 valence electrons. The van der Waals surface area contributed by atoms with Gasteiger partial charge in [0.15, 0.2) is 0 Å². The topological polar surface area (TPSA) is 0 Å². The van der Waals surface area contributed by atoms with Crippen molar-refractivity contribution in [2.24, 2.45) is 0 Å². The molecule has 0 amide bonds. The third-order valence-corrected chi connectivity index (χ3v) is 5.31. The van der Waals surface area contributed by atoms with Gasteiger partial charge in [0, 0.05) is 10.8 Å². The molecule has 0 saturated heterocycles. The van der Waals surface area contributed by atoms with Crippen LogP contribution in [0, 0.1) is 0 Å². The van der Waals surface area contributed by atoms with E-state index in [1.165, 1.54) is 96.3 Å². The lowest BCUT2D eigenvalue weighted by atomic mass is 10.0. The molecule has 0 aliphatic rings. The minimum Gasteiger partial charge on any atom is -0.123 e. The fourth-order valence-electron chi connectivity index (χ4n) is 2.94. The second-order valence-corrected chi connectivity index (χ2v) is 8.32. The number of alkyl halides is 2. The minimum atomic E-state index is 0.364. The quantitative estimate of drug-likeness (QED) is 0.182. The molecular weight excluding hydrogens is 311 g/mol. The summed E-state index contributed by atoms with van der Waals surface area (Å²) in [6.07, 6.45) is 21.8. The van der Waals surface area contributed by atoms with Crippen molar-refractivity contribution >= 4 is 23.2 Å². The van der Waals surface area contributed by atoms with Crippen LogP contribution in [0.5, 0.6) is 0 Å². The summed E-state index contributed by atoms with van der Waals surface area (Å²) in [6.45, 7) is 4.28. The highest BCUT2D eigenvalue weighted by Gasteiger charge is 2.00. The van der Waals surface area contributed by atoms with Crippen molar-refractivity contribution in [3.8, 4) is 0 Å². The summed E-state index contributed by atoms with van der Waals surface area (Å²) in [4.78, 5) is 0. The maximum Gasteiger partial charge on any atom is 0.0333 e. The van der Waals surface area contributed by atoms with Gasteiger partial charge in [-0.2, -0.15) is 0 Å². The Kier molecular flexibility index (Phi) is 18.4. The van der Waals surface area contributed by atoms with Crippen LogP contribution < -0.4 is 0 Å². The Morgan fingerprint density at radius 2 is 0.864 bits per heavy atom. The average molecular weight is 351 g/mol. The summed E-state index contributed by atoms with van der Waals surface area (Å²) in [5, 5.41) is 0.779. The maximum atomic E-state index is 6.12. The number of unbranched alkanes of at least 4 members (excludes halogenated alkanes) is 12. The van der Waals surface area contributed by atoms with Crippen molar-refractivity contribution in [2.75, 3.05) is 0 Å². The smallest absolute Gasteiger partial charge is 0.0333 e. The molecule has 0 rings (SSSR count). The molecule has 22 heavy (non-hydrogen) atoms. The third kappa shape index (κ3) is 18.6. The van der Waals surface area contributed by atoms with Gasteiger partial charge in [-0.25, -0.2) is 0 Å². The first-order valence-electron chi connectivity index (χ1n) is 9.95. The molecule has 0 fully saturated rings. The zero-order valence-electron chi connectivity index (χ0n) is 15.2. The van der Waals surface area contributed by atoms with E-state index in [1.807, 2.05) is 0 Å². The number of hydrogen-bond donors (Lipinski definition) is 0. The van der Waals surface area contributed by atoms with Crippen LogP contribution >= 0.6 is 23.2 Å². The summed E-state index contributed by atoms with van der Waals surface area (Å²) in [5.74, 6) is 0. The molecular formula is C20H40Cl2. The molecule has 2 unspecified atom stereocenters. The highest BCUT2D eigenvalue weighted by atomic mass is 35.5. The highest BCUT2D eigenvalue weighted by molar-refractivity contribution is 6.20. The molecule has 0 N–H and O–H groups in total. The fraction of sp³-hybridized carbons (Fsp3) is 1.00. The lowest BCUT2D eigenvalue weighted by molar-refractivity contribution is 0.527. The first kappa shape index (κ1) is 22.6. The van der Waals surface area contributed by atoms with E-state index in [0.717, 1.165) is 6.42 Å². The van der Waals surface area contributed by atoms with Gasteiger partial charge in [0.05, 0.1) is 0 Å². The average Bonchev–Trinajstić information content (AvgIpc) is 2.50. The first-order valence-corrected chi connectivity index (χ1v) is 10.8. The van der Waals surface area contributed by atoms with E-state index in [4.69, 9.17) is 23.2 Å². The largest absolute Gasteiger partial charge is 0.123 e. The maximum absolute atomic E-state index is 6.12. The Morgan fingerprint density at radius 3 is 1.18 bits per heavy atom. The van der Waals surface area contributed by atoms with Crippen LogP contribution in [0.4, 0.5) is 0 Å². The monoisotopic (exact) mass is 350 g/mol. The van der Waals surface area contributed by atoms with E-state index in [-0.39, 0.29) is 0 Å². The summed E-state index contributed by atoms with van der Waals surface area (Å²) in [6, 6.07) is 0. The number of rotatable bonds is 17. The Hall–Kier alpha value is 0.580. The van der Waals surface area contributed by atoms with E-state index in [9.17, 15) is 0 Å². The van der Waals surface area contributed by atoms with Crippen LogP contribution in [-0.4, -0.2) is 10.8 Å².